The SMILES string of the molecule is C[C@H](N)C/C=C/c1cc(F)cnc1N.Cl.Cl. The molecule has 0 aliphatic rings. The molecule has 0 unspecified atom stereocenters. The minimum atomic E-state index is -0.389. The van der Waals surface area contributed by atoms with Gasteiger partial charge in [0.25, 0.3) is 0 Å². The van der Waals surface area contributed by atoms with Gasteiger partial charge >= 0.3 is 0 Å². The van der Waals surface area contributed by atoms with Crippen molar-refractivity contribution in [1.82, 2.24) is 4.98 Å². The van der Waals surface area contributed by atoms with E-state index in [1.165, 1.54) is 6.07 Å². The number of pyridine rings is 1. The molecule has 0 saturated heterocycles. The molecule has 0 amide bonds. The highest BCUT2D eigenvalue weighted by Crippen LogP contribution is 2.12. The molecule has 1 rings (SSSR count). The van der Waals surface area contributed by atoms with E-state index >= 15 is 0 Å². The van der Waals surface area contributed by atoms with E-state index in [1.807, 2.05) is 13.0 Å². The lowest BCUT2D eigenvalue weighted by Crippen LogP contribution is -2.12. The van der Waals surface area contributed by atoms with E-state index in [-0.39, 0.29) is 36.7 Å². The standard InChI is InChI=1S/C10H14FN3.2ClH/c1-7(12)3-2-4-8-5-9(11)6-14-10(8)13;;/h2,4-7H,3,12H2,1H3,(H2,13,14);2*1H/b4-2+;;/t7-;;/m0../s1. The fourth-order valence-corrected chi connectivity index (χ4v) is 1.01. The van der Waals surface area contributed by atoms with Crippen LogP contribution in [0.25, 0.3) is 6.08 Å². The third kappa shape index (κ3) is 5.90. The molecular formula is C10H16Cl2FN3. The zero-order valence-electron chi connectivity index (χ0n) is 8.89. The Hall–Kier alpha value is -0.840. The van der Waals surface area contributed by atoms with Crippen molar-refractivity contribution in [2.75, 3.05) is 5.73 Å². The summed E-state index contributed by atoms with van der Waals surface area (Å²) in [4.78, 5) is 3.70. The summed E-state index contributed by atoms with van der Waals surface area (Å²) in [5, 5.41) is 0. The lowest BCUT2D eigenvalue weighted by molar-refractivity contribution is 0.621. The molecule has 0 spiro atoms. The van der Waals surface area contributed by atoms with Crippen molar-refractivity contribution in [2.45, 2.75) is 19.4 Å². The van der Waals surface area contributed by atoms with E-state index in [0.717, 1.165) is 12.6 Å². The smallest absolute Gasteiger partial charge is 0.142 e. The Labute approximate surface area is 107 Å². The van der Waals surface area contributed by atoms with Gasteiger partial charge in [-0.2, -0.15) is 0 Å². The summed E-state index contributed by atoms with van der Waals surface area (Å²) in [6.45, 7) is 1.90. The van der Waals surface area contributed by atoms with Crippen molar-refractivity contribution in [2.24, 2.45) is 5.73 Å². The van der Waals surface area contributed by atoms with Crippen molar-refractivity contribution < 1.29 is 4.39 Å². The molecule has 16 heavy (non-hydrogen) atoms. The summed E-state index contributed by atoms with van der Waals surface area (Å²) in [5.41, 5.74) is 11.7. The van der Waals surface area contributed by atoms with Gasteiger partial charge in [0, 0.05) is 11.6 Å². The number of hydrogen-bond acceptors (Lipinski definition) is 3. The van der Waals surface area contributed by atoms with Gasteiger partial charge in [0.2, 0.25) is 0 Å². The van der Waals surface area contributed by atoms with Gasteiger partial charge in [-0.15, -0.1) is 24.8 Å². The highest BCUT2D eigenvalue weighted by Gasteiger charge is 1.98. The molecule has 1 aromatic heterocycles. The second kappa shape index (κ2) is 8.33. The molecule has 4 N–H and O–H groups in total. The van der Waals surface area contributed by atoms with Crippen molar-refractivity contribution in [3.8, 4) is 0 Å². The van der Waals surface area contributed by atoms with Gasteiger partial charge in [0.15, 0.2) is 0 Å². The second-order valence-electron chi connectivity index (χ2n) is 3.24. The average molecular weight is 268 g/mol. The molecule has 6 heteroatoms. The first-order valence-electron chi connectivity index (χ1n) is 4.42. The van der Waals surface area contributed by atoms with Gasteiger partial charge in [-0.25, -0.2) is 9.37 Å². The van der Waals surface area contributed by atoms with Crippen LogP contribution in [0.15, 0.2) is 18.3 Å². The molecule has 1 atom stereocenters. The molecule has 0 fully saturated rings. The molecule has 0 bridgehead atoms. The van der Waals surface area contributed by atoms with Gasteiger partial charge in [-0.1, -0.05) is 12.2 Å². The highest BCUT2D eigenvalue weighted by atomic mass is 35.5. The van der Waals surface area contributed by atoms with Crippen LogP contribution in [-0.2, 0) is 0 Å². The number of nitrogen functional groups attached to an aromatic ring is 1. The number of hydrogen-bond donors (Lipinski definition) is 2. The van der Waals surface area contributed by atoms with Gasteiger partial charge < -0.3 is 11.5 Å². The number of nitrogens with two attached hydrogens (primary N) is 2. The molecule has 0 aromatic carbocycles. The summed E-state index contributed by atoms with van der Waals surface area (Å²) in [5.74, 6) is -0.0630. The van der Waals surface area contributed by atoms with Crippen LogP contribution in [0.3, 0.4) is 0 Å². The third-order valence-electron chi connectivity index (χ3n) is 1.72. The molecule has 1 aromatic rings. The van der Waals surface area contributed by atoms with E-state index in [2.05, 4.69) is 4.98 Å². The number of aromatic nitrogens is 1. The van der Waals surface area contributed by atoms with Crippen LogP contribution in [0.4, 0.5) is 10.2 Å². The molecular weight excluding hydrogens is 252 g/mol. The van der Waals surface area contributed by atoms with Crippen molar-refractivity contribution in [1.29, 1.82) is 0 Å². The second-order valence-corrected chi connectivity index (χ2v) is 3.24. The quantitative estimate of drug-likeness (QED) is 0.884. The Morgan fingerprint density at radius 1 is 1.50 bits per heavy atom. The van der Waals surface area contributed by atoms with Crippen LogP contribution in [0.5, 0.6) is 0 Å². The van der Waals surface area contributed by atoms with E-state index in [4.69, 9.17) is 11.5 Å². The minimum absolute atomic E-state index is 0. The van der Waals surface area contributed by atoms with Crippen LogP contribution in [0.2, 0.25) is 0 Å². The van der Waals surface area contributed by atoms with Crippen LogP contribution in [0, 0.1) is 5.82 Å². The summed E-state index contributed by atoms with van der Waals surface area (Å²) < 4.78 is 12.8. The largest absolute Gasteiger partial charge is 0.383 e. The first-order valence-corrected chi connectivity index (χ1v) is 4.42. The third-order valence-corrected chi connectivity index (χ3v) is 1.72. The zero-order chi connectivity index (χ0) is 10.6. The minimum Gasteiger partial charge on any atom is -0.383 e. The lowest BCUT2D eigenvalue weighted by Gasteiger charge is -2.00. The summed E-state index contributed by atoms with van der Waals surface area (Å²) in [6.07, 6.45) is 5.42. The molecule has 3 nitrogen and oxygen atoms in total. The molecule has 0 aliphatic heterocycles. The summed E-state index contributed by atoms with van der Waals surface area (Å²) in [7, 11) is 0. The van der Waals surface area contributed by atoms with E-state index < -0.39 is 0 Å². The number of nitrogens with zero attached hydrogens (tertiary/aromatic N) is 1. The van der Waals surface area contributed by atoms with Crippen molar-refractivity contribution >= 4 is 36.7 Å². The summed E-state index contributed by atoms with van der Waals surface area (Å²) in [6, 6.07) is 1.44. The monoisotopic (exact) mass is 267 g/mol. The maximum atomic E-state index is 12.8. The lowest BCUT2D eigenvalue weighted by atomic mass is 10.2. The predicted molar refractivity (Wildman–Crippen MR) is 70.4 cm³/mol. The Morgan fingerprint density at radius 3 is 2.69 bits per heavy atom. The molecule has 0 aliphatic carbocycles. The van der Waals surface area contributed by atoms with Crippen LogP contribution in [0.1, 0.15) is 18.9 Å². The van der Waals surface area contributed by atoms with Crippen LogP contribution in [-0.4, -0.2) is 11.0 Å². The zero-order valence-corrected chi connectivity index (χ0v) is 10.5. The predicted octanol–water partition coefficient (Wildman–Crippen LogP) is 2.40. The molecule has 1 heterocycles. The maximum Gasteiger partial charge on any atom is 0.142 e. The van der Waals surface area contributed by atoms with E-state index in [9.17, 15) is 4.39 Å². The Bertz CT molecular complexity index is 343. The number of anilines is 1. The average Bonchev–Trinajstić information content (AvgIpc) is 2.10. The van der Waals surface area contributed by atoms with Gasteiger partial charge in [0.1, 0.15) is 11.6 Å². The first kappa shape index (κ1) is 17.6. The fourth-order valence-electron chi connectivity index (χ4n) is 1.01. The van der Waals surface area contributed by atoms with Crippen molar-refractivity contribution in [3.63, 3.8) is 0 Å². The topological polar surface area (TPSA) is 64.9 Å². The Kier molecular flexibility index (Phi) is 9.14. The normalized spacial score (nSPS) is 11.7. The van der Waals surface area contributed by atoms with E-state index in [1.54, 1.807) is 6.08 Å². The number of halogens is 3. The van der Waals surface area contributed by atoms with Crippen LogP contribution < -0.4 is 11.5 Å². The van der Waals surface area contributed by atoms with E-state index in [0.29, 0.717) is 11.4 Å². The van der Waals surface area contributed by atoms with Crippen LogP contribution >= 0.6 is 24.8 Å². The van der Waals surface area contributed by atoms with Gasteiger partial charge in [-0.3, -0.25) is 0 Å². The Morgan fingerprint density at radius 2 is 2.12 bits per heavy atom. The fraction of sp³-hybridized carbons (Fsp3) is 0.300. The Balaban J connectivity index is 0. The molecule has 0 radical (unpaired) electrons. The van der Waals surface area contributed by atoms with Gasteiger partial charge in [-0.05, 0) is 19.4 Å². The number of rotatable bonds is 3. The molecule has 0 saturated carbocycles. The van der Waals surface area contributed by atoms with Crippen molar-refractivity contribution in [3.05, 3.63) is 29.7 Å². The molecule has 92 valence electrons. The van der Waals surface area contributed by atoms with Gasteiger partial charge in [0.05, 0.1) is 6.20 Å². The first-order chi connectivity index (χ1) is 6.59. The summed E-state index contributed by atoms with van der Waals surface area (Å²) >= 11 is 0. The maximum absolute atomic E-state index is 12.8. The highest BCUT2D eigenvalue weighted by molar-refractivity contribution is 5.85.